The van der Waals surface area contributed by atoms with Gasteiger partial charge in [-0.3, -0.25) is 4.79 Å². The van der Waals surface area contributed by atoms with Crippen LogP contribution in [-0.4, -0.2) is 32.7 Å². The molecule has 0 unspecified atom stereocenters. The van der Waals surface area contributed by atoms with Crippen LogP contribution in [0.15, 0.2) is 47.1 Å². The number of methoxy groups -OCH3 is 2. The van der Waals surface area contributed by atoms with Crippen LogP contribution in [0.5, 0.6) is 11.5 Å². The summed E-state index contributed by atoms with van der Waals surface area (Å²) >= 11 is 0. The van der Waals surface area contributed by atoms with Crippen LogP contribution in [0.25, 0.3) is 6.08 Å². The van der Waals surface area contributed by atoms with Crippen LogP contribution in [0.2, 0.25) is 0 Å². The number of amides is 1. The molecular formula is C18H19NO6. The van der Waals surface area contributed by atoms with Crippen LogP contribution in [0.4, 0.5) is 0 Å². The summed E-state index contributed by atoms with van der Waals surface area (Å²) in [7, 11) is 3.08. The summed E-state index contributed by atoms with van der Waals surface area (Å²) in [6.07, 6.45) is 4.28. The number of benzene rings is 1. The molecule has 132 valence electrons. The van der Waals surface area contributed by atoms with E-state index in [-0.39, 0.29) is 13.2 Å². The molecule has 1 N–H and O–H groups in total. The quantitative estimate of drug-likeness (QED) is 0.583. The van der Waals surface area contributed by atoms with Crippen molar-refractivity contribution in [2.75, 3.05) is 20.8 Å². The SMILES string of the molecule is COc1ccc(C=CC(=O)OCC(=O)NCc2ccco2)c(OC)c1. The molecule has 0 saturated carbocycles. The molecule has 0 radical (unpaired) electrons. The lowest BCUT2D eigenvalue weighted by atomic mass is 10.2. The number of nitrogens with one attached hydrogen (secondary N) is 1. The minimum Gasteiger partial charge on any atom is -0.497 e. The average molecular weight is 345 g/mol. The predicted octanol–water partition coefficient (Wildman–Crippen LogP) is 2.17. The normalized spacial score (nSPS) is 10.5. The molecule has 0 aliphatic rings. The number of hydrogen-bond acceptors (Lipinski definition) is 6. The van der Waals surface area contributed by atoms with Gasteiger partial charge in [-0.15, -0.1) is 0 Å². The number of carbonyl (C=O) groups excluding carboxylic acids is 2. The predicted molar refractivity (Wildman–Crippen MR) is 90.1 cm³/mol. The molecule has 2 rings (SSSR count). The molecule has 0 saturated heterocycles. The van der Waals surface area contributed by atoms with Crippen LogP contribution < -0.4 is 14.8 Å². The van der Waals surface area contributed by atoms with Crippen LogP contribution in [-0.2, 0) is 20.9 Å². The van der Waals surface area contributed by atoms with Gasteiger partial charge in [-0.25, -0.2) is 4.79 Å². The summed E-state index contributed by atoms with van der Waals surface area (Å²) in [6, 6.07) is 8.65. The van der Waals surface area contributed by atoms with Crippen molar-refractivity contribution in [1.29, 1.82) is 0 Å². The highest BCUT2D eigenvalue weighted by Gasteiger charge is 2.07. The maximum absolute atomic E-state index is 11.7. The molecule has 7 nitrogen and oxygen atoms in total. The fraction of sp³-hybridized carbons (Fsp3) is 0.222. The van der Waals surface area contributed by atoms with Gasteiger partial charge in [0.25, 0.3) is 5.91 Å². The van der Waals surface area contributed by atoms with E-state index in [0.29, 0.717) is 22.8 Å². The third kappa shape index (κ3) is 5.72. The van der Waals surface area contributed by atoms with E-state index in [0.717, 1.165) is 0 Å². The molecule has 0 atom stereocenters. The average Bonchev–Trinajstić information content (AvgIpc) is 3.16. The Morgan fingerprint density at radius 3 is 2.72 bits per heavy atom. The summed E-state index contributed by atoms with van der Waals surface area (Å²) in [4.78, 5) is 23.3. The second kappa shape index (κ2) is 9.17. The zero-order valence-corrected chi connectivity index (χ0v) is 14.0. The highest BCUT2D eigenvalue weighted by molar-refractivity contribution is 5.89. The fourth-order valence-corrected chi connectivity index (χ4v) is 1.95. The number of hydrogen-bond donors (Lipinski definition) is 1. The van der Waals surface area contributed by atoms with Crippen LogP contribution >= 0.6 is 0 Å². The Morgan fingerprint density at radius 1 is 1.20 bits per heavy atom. The number of furan rings is 1. The molecule has 1 heterocycles. The zero-order valence-electron chi connectivity index (χ0n) is 14.0. The lowest BCUT2D eigenvalue weighted by Crippen LogP contribution is -2.27. The summed E-state index contributed by atoms with van der Waals surface area (Å²) in [5.41, 5.74) is 0.683. The van der Waals surface area contributed by atoms with Crippen molar-refractivity contribution in [3.05, 3.63) is 54.0 Å². The first-order valence-electron chi connectivity index (χ1n) is 7.48. The molecule has 2 aromatic rings. The number of rotatable bonds is 8. The molecule has 0 bridgehead atoms. The number of esters is 1. The molecule has 0 aliphatic carbocycles. The first-order chi connectivity index (χ1) is 12.1. The van der Waals surface area contributed by atoms with E-state index in [1.165, 1.54) is 19.4 Å². The van der Waals surface area contributed by atoms with Gasteiger partial charge in [-0.1, -0.05) is 0 Å². The van der Waals surface area contributed by atoms with E-state index in [4.69, 9.17) is 18.6 Å². The first kappa shape index (κ1) is 18.1. The molecule has 0 fully saturated rings. The molecule has 0 aliphatic heterocycles. The second-order valence-electron chi connectivity index (χ2n) is 4.91. The Labute approximate surface area is 145 Å². The number of carbonyl (C=O) groups is 2. The first-order valence-corrected chi connectivity index (χ1v) is 7.48. The molecule has 1 amide bonds. The Morgan fingerprint density at radius 2 is 2.04 bits per heavy atom. The Balaban J connectivity index is 1.81. The number of ether oxygens (including phenoxy) is 3. The lowest BCUT2D eigenvalue weighted by molar-refractivity contribution is -0.143. The van der Waals surface area contributed by atoms with Gasteiger partial charge in [0.2, 0.25) is 0 Å². The molecule has 1 aromatic heterocycles. The summed E-state index contributed by atoms with van der Waals surface area (Å²) in [5, 5.41) is 2.58. The summed E-state index contributed by atoms with van der Waals surface area (Å²) < 4.78 is 20.3. The van der Waals surface area contributed by atoms with Crippen molar-refractivity contribution in [2.24, 2.45) is 0 Å². The summed E-state index contributed by atoms with van der Waals surface area (Å²) in [6.45, 7) is -0.133. The monoisotopic (exact) mass is 345 g/mol. The maximum atomic E-state index is 11.7. The Kier molecular flexibility index (Phi) is 6.65. The minimum atomic E-state index is -0.633. The van der Waals surface area contributed by atoms with E-state index in [1.54, 1.807) is 43.5 Å². The lowest BCUT2D eigenvalue weighted by Gasteiger charge is -2.07. The minimum absolute atomic E-state index is 0.238. The molecule has 0 spiro atoms. The third-order valence-corrected chi connectivity index (χ3v) is 3.23. The van der Waals surface area contributed by atoms with Crippen molar-refractivity contribution >= 4 is 18.0 Å². The molecule has 7 heteroatoms. The van der Waals surface area contributed by atoms with Crippen LogP contribution in [0.3, 0.4) is 0 Å². The van der Waals surface area contributed by atoms with Crippen LogP contribution in [0, 0.1) is 0 Å². The topological polar surface area (TPSA) is 87.0 Å². The Hall–Kier alpha value is -3.22. The van der Waals surface area contributed by atoms with Gasteiger partial charge in [0.1, 0.15) is 17.3 Å². The fourth-order valence-electron chi connectivity index (χ4n) is 1.95. The van der Waals surface area contributed by atoms with E-state index < -0.39 is 11.9 Å². The van der Waals surface area contributed by atoms with Crippen LogP contribution in [0.1, 0.15) is 11.3 Å². The van der Waals surface area contributed by atoms with Crippen molar-refractivity contribution in [3.63, 3.8) is 0 Å². The van der Waals surface area contributed by atoms with Crippen molar-refractivity contribution in [2.45, 2.75) is 6.54 Å². The van der Waals surface area contributed by atoms with Crippen molar-refractivity contribution in [1.82, 2.24) is 5.32 Å². The van der Waals surface area contributed by atoms with Crippen molar-refractivity contribution in [3.8, 4) is 11.5 Å². The van der Waals surface area contributed by atoms with Gasteiger partial charge in [-0.2, -0.15) is 0 Å². The molecule has 1 aromatic carbocycles. The van der Waals surface area contributed by atoms with Gasteiger partial charge in [0, 0.05) is 17.7 Å². The molecule has 25 heavy (non-hydrogen) atoms. The van der Waals surface area contributed by atoms with E-state index in [2.05, 4.69) is 5.32 Å². The third-order valence-electron chi connectivity index (χ3n) is 3.23. The highest BCUT2D eigenvalue weighted by atomic mass is 16.5. The Bertz CT molecular complexity index is 736. The van der Waals surface area contributed by atoms with Crippen molar-refractivity contribution < 1.29 is 28.2 Å². The van der Waals surface area contributed by atoms with Gasteiger partial charge < -0.3 is 23.9 Å². The van der Waals surface area contributed by atoms with E-state index in [9.17, 15) is 9.59 Å². The van der Waals surface area contributed by atoms with E-state index >= 15 is 0 Å². The van der Waals surface area contributed by atoms with Gasteiger partial charge in [0.15, 0.2) is 6.61 Å². The maximum Gasteiger partial charge on any atom is 0.331 e. The van der Waals surface area contributed by atoms with E-state index in [1.807, 2.05) is 0 Å². The highest BCUT2D eigenvalue weighted by Crippen LogP contribution is 2.25. The molecular weight excluding hydrogens is 326 g/mol. The standard InChI is InChI=1S/C18H19NO6/c1-22-14-7-5-13(16(10-14)23-2)6-8-18(21)25-12-17(20)19-11-15-4-3-9-24-15/h3-10H,11-12H2,1-2H3,(H,19,20). The zero-order chi connectivity index (χ0) is 18.1. The van der Waals surface area contributed by atoms with Gasteiger partial charge >= 0.3 is 5.97 Å². The second-order valence-corrected chi connectivity index (χ2v) is 4.91. The largest absolute Gasteiger partial charge is 0.497 e. The smallest absolute Gasteiger partial charge is 0.331 e. The summed E-state index contributed by atoms with van der Waals surface area (Å²) in [5.74, 6) is 0.766. The van der Waals surface area contributed by atoms with Gasteiger partial charge in [0.05, 0.1) is 27.0 Å². The van der Waals surface area contributed by atoms with Gasteiger partial charge in [-0.05, 0) is 30.3 Å².